The van der Waals surface area contributed by atoms with E-state index in [1.54, 1.807) is 4.57 Å². The van der Waals surface area contributed by atoms with Gasteiger partial charge < -0.3 is 9.30 Å². The number of sulfonamides is 1. The Hall–Kier alpha value is -3.31. The summed E-state index contributed by atoms with van der Waals surface area (Å²) in [5.41, 5.74) is 0.477. The number of benzene rings is 1. The molecule has 1 N–H and O–H groups in total. The maximum atomic E-state index is 14.9. The summed E-state index contributed by atoms with van der Waals surface area (Å²) in [6.45, 7) is -1.30. The van der Waals surface area contributed by atoms with Gasteiger partial charge >= 0.3 is 12.8 Å². The van der Waals surface area contributed by atoms with Crippen molar-refractivity contribution in [1.82, 2.24) is 14.3 Å². The lowest BCUT2D eigenvalue weighted by Crippen LogP contribution is -2.42. The van der Waals surface area contributed by atoms with Crippen LogP contribution in [0.3, 0.4) is 0 Å². The molecule has 0 aliphatic heterocycles. The lowest BCUT2D eigenvalue weighted by atomic mass is 9.92. The van der Waals surface area contributed by atoms with Crippen LogP contribution in [0.2, 0.25) is 0 Å². The van der Waals surface area contributed by atoms with E-state index in [9.17, 15) is 40.0 Å². The van der Waals surface area contributed by atoms with Crippen molar-refractivity contribution in [2.75, 3.05) is 0 Å². The molecule has 0 spiro atoms. The molecule has 37 heavy (non-hydrogen) atoms. The number of rotatable bonds is 7. The van der Waals surface area contributed by atoms with Gasteiger partial charge in [0, 0.05) is 23.7 Å². The molecule has 0 bridgehead atoms. The average Bonchev–Trinajstić information content (AvgIpc) is 3.08. The maximum Gasteiger partial charge on any atom is 0.404 e. The van der Waals surface area contributed by atoms with Crippen LogP contribution in [0.1, 0.15) is 43.4 Å². The predicted molar refractivity (Wildman–Crippen MR) is 120 cm³/mol. The van der Waals surface area contributed by atoms with Crippen LogP contribution in [0.4, 0.5) is 26.3 Å². The molecule has 2 heterocycles. The molecule has 1 atom stereocenters. The Morgan fingerprint density at radius 2 is 1.95 bits per heavy atom. The quantitative estimate of drug-likeness (QED) is 0.391. The first-order valence-corrected chi connectivity index (χ1v) is 12.5. The normalized spacial score (nSPS) is 15.6. The van der Waals surface area contributed by atoms with E-state index in [4.69, 9.17) is 0 Å². The Kier molecular flexibility index (Phi) is 6.89. The minimum atomic E-state index is -4.80. The fourth-order valence-electron chi connectivity index (χ4n) is 4.22. The van der Waals surface area contributed by atoms with Crippen LogP contribution in [0.25, 0.3) is 22.3 Å². The zero-order valence-corrected chi connectivity index (χ0v) is 20.2. The van der Waals surface area contributed by atoms with Crippen molar-refractivity contribution in [3.05, 3.63) is 41.3 Å². The summed E-state index contributed by atoms with van der Waals surface area (Å²) in [6.07, 6.45) is -1.75. The Bertz CT molecular complexity index is 1490. The lowest BCUT2D eigenvalue weighted by Gasteiger charge is -2.30. The molecule has 0 saturated heterocycles. The molecule has 14 heteroatoms. The average molecular weight is 546 g/mol. The van der Waals surface area contributed by atoms with E-state index in [0.29, 0.717) is 19.8 Å². The zero-order valence-electron chi connectivity index (χ0n) is 19.4. The molecule has 2 aromatic heterocycles. The number of halogens is 6. The Labute approximate surface area is 207 Å². The lowest BCUT2D eigenvalue weighted by molar-refractivity contribution is -0.147. The smallest absolute Gasteiger partial charge is 0.404 e. The molecule has 1 fully saturated rings. The maximum absolute atomic E-state index is 14.9. The fourth-order valence-corrected chi connectivity index (χ4v) is 5.40. The van der Waals surface area contributed by atoms with E-state index >= 15 is 0 Å². The van der Waals surface area contributed by atoms with Crippen LogP contribution in [0.5, 0.6) is 5.75 Å². The summed E-state index contributed by atoms with van der Waals surface area (Å²) in [5.74, 6) is -1.74. The van der Waals surface area contributed by atoms with Crippen molar-refractivity contribution < 1.29 is 39.5 Å². The third-order valence-corrected chi connectivity index (χ3v) is 7.84. The van der Waals surface area contributed by atoms with Gasteiger partial charge in [-0.05, 0) is 50.8 Å². The topological polar surface area (TPSA) is 97.0 Å². The minimum absolute atomic E-state index is 0.00572. The Morgan fingerprint density at radius 3 is 2.43 bits per heavy atom. The van der Waals surface area contributed by atoms with Crippen LogP contribution < -0.4 is 9.46 Å². The molecule has 0 radical (unpaired) electrons. The molecule has 0 unspecified atom stereocenters. The first kappa shape index (κ1) is 26.7. The molecular weight excluding hydrogens is 526 g/mol. The summed E-state index contributed by atoms with van der Waals surface area (Å²) in [7, 11) is -4.57. The number of ether oxygens (including phenoxy) is 1. The standard InChI is InChI=1S/C23H20F6N4O3S/c1-11-19-15(9-30)21(16-7-6-14(10-31-16)37(34,35)32-12(2)23(27,28)29)33(13-4-3-5-13)17(19)8-18(20(11)24)36-22(25)26/h6-8,10,12-13,22,32H,3-5H2,1-2H3/t12-/m0/s1. The van der Waals surface area contributed by atoms with Crippen LogP contribution in [-0.2, 0) is 10.0 Å². The van der Waals surface area contributed by atoms with E-state index in [1.807, 2.05) is 6.07 Å². The molecule has 4 rings (SSSR count). The zero-order chi connectivity index (χ0) is 27.3. The third kappa shape index (κ3) is 4.85. The predicted octanol–water partition coefficient (Wildman–Crippen LogP) is 5.58. The van der Waals surface area contributed by atoms with Crippen molar-refractivity contribution in [3.8, 4) is 23.2 Å². The fraction of sp³-hybridized carbons (Fsp3) is 0.391. The van der Waals surface area contributed by atoms with Crippen molar-refractivity contribution in [3.63, 3.8) is 0 Å². The van der Waals surface area contributed by atoms with Crippen molar-refractivity contribution >= 4 is 20.9 Å². The summed E-state index contributed by atoms with van der Waals surface area (Å²) in [4.78, 5) is 3.56. The van der Waals surface area contributed by atoms with Gasteiger partial charge in [-0.2, -0.15) is 31.9 Å². The van der Waals surface area contributed by atoms with Crippen molar-refractivity contribution in [2.45, 2.75) is 62.9 Å². The van der Waals surface area contributed by atoms with Gasteiger partial charge in [0.2, 0.25) is 10.0 Å². The Balaban J connectivity index is 1.88. The van der Waals surface area contributed by atoms with Gasteiger partial charge in [-0.15, -0.1) is 0 Å². The number of aryl methyl sites for hydroxylation is 1. The summed E-state index contributed by atoms with van der Waals surface area (Å²) in [5, 5.41) is 10.1. The molecule has 1 saturated carbocycles. The minimum Gasteiger partial charge on any atom is -0.432 e. The number of alkyl halides is 5. The number of pyridine rings is 1. The van der Waals surface area contributed by atoms with Crippen molar-refractivity contribution in [2.24, 2.45) is 0 Å². The molecule has 198 valence electrons. The largest absolute Gasteiger partial charge is 0.432 e. The Morgan fingerprint density at radius 1 is 1.27 bits per heavy atom. The number of nitrogens with zero attached hydrogens (tertiary/aromatic N) is 3. The number of nitriles is 1. The molecular formula is C23H20F6N4O3S. The van der Waals surface area contributed by atoms with Crippen LogP contribution in [0, 0.1) is 24.1 Å². The number of nitrogens with one attached hydrogen (secondary N) is 1. The van der Waals surface area contributed by atoms with Crippen molar-refractivity contribution in [1.29, 1.82) is 5.26 Å². The van der Waals surface area contributed by atoms with Gasteiger partial charge in [0.15, 0.2) is 11.6 Å². The third-order valence-electron chi connectivity index (χ3n) is 6.31. The molecule has 1 aliphatic carbocycles. The van der Waals surface area contributed by atoms with E-state index in [-0.39, 0.29) is 39.5 Å². The highest BCUT2D eigenvalue weighted by Gasteiger charge is 2.39. The highest BCUT2D eigenvalue weighted by atomic mass is 32.2. The summed E-state index contributed by atoms with van der Waals surface area (Å²) in [6, 6.07) is 2.84. The molecule has 1 aliphatic rings. The highest BCUT2D eigenvalue weighted by molar-refractivity contribution is 7.89. The second-order valence-corrected chi connectivity index (χ2v) is 10.4. The number of aromatic nitrogens is 2. The second-order valence-electron chi connectivity index (χ2n) is 8.64. The number of hydrogen-bond acceptors (Lipinski definition) is 5. The van der Waals surface area contributed by atoms with E-state index < -0.39 is 45.3 Å². The van der Waals surface area contributed by atoms with Gasteiger partial charge in [-0.25, -0.2) is 12.8 Å². The first-order chi connectivity index (χ1) is 17.3. The van der Waals surface area contributed by atoms with E-state index in [2.05, 4.69) is 9.72 Å². The van der Waals surface area contributed by atoms with E-state index in [1.165, 1.54) is 17.7 Å². The summed E-state index contributed by atoms with van der Waals surface area (Å²) < 4.78 is 112. The van der Waals surface area contributed by atoms with Gasteiger partial charge in [-0.3, -0.25) is 4.98 Å². The second kappa shape index (κ2) is 9.53. The molecule has 3 aromatic rings. The van der Waals surface area contributed by atoms with Crippen LogP contribution in [-0.4, -0.2) is 36.8 Å². The number of hydrogen-bond donors (Lipinski definition) is 1. The molecule has 0 amide bonds. The first-order valence-electron chi connectivity index (χ1n) is 11.0. The SMILES string of the molecule is Cc1c(F)c(OC(F)F)cc2c1c(C#N)c(-c1ccc(S(=O)(=O)N[C@@H](C)C(F)(F)F)cn1)n2C1CCC1. The highest BCUT2D eigenvalue weighted by Crippen LogP contribution is 2.45. The van der Waals surface area contributed by atoms with Crippen LogP contribution in [0.15, 0.2) is 29.3 Å². The summed E-state index contributed by atoms with van der Waals surface area (Å²) >= 11 is 0. The van der Waals surface area contributed by atoms with Gasteiger partial charge in [0.1, 0.15) is 17.0 Å². The molecule has 1 aromatic carbocycles. The monoisotopic (exact) mass is 546 g/mol. The van der Waals surface area contributed by atoms with Crippen LogP contribution >= 0.6 is 0 Å². The molecule has 7 nitrogen and oxygen atoms in total. The van der Waals surface area contributed by atoms with Gasteiger partial charge in [0.25, 0.3) is 0 Å². The van der Waals surface area contributed by atoms with Gasteiger partial charge in [-0.1, -0.05) is 0 Å². The van der Waals surface area contributed by atoms with Gasteiger partial charge in [0.05, 0.1) is 22.5 Å². The van der Waals surface area contributed by atoms with E-state index in [0.717, 1.165) is 24.8 Å². The number of fused-ring (bicyclic) bond motifs is 1.